The summed E-state index contributed by atoms with van der Waals surface area (Å²) in [5.41, 5.74) is 0.103. The van der Waals surface area contributed by atoms with Crippen molar-refractivity contribution in [3.05, 3.63) is 0 Å². The molecule has 94 valence electrons. The molecule has 1 heterocycles. The van der Waals surface area contributed by atoms with Crippen molar-refractivity contribution in [1.29, 1.82) is 0 Å². The van der Waals surface area contributed by atoms with Gasteiger partial charge in [-0.15, -0.1) is 11.8 Å². The van der Waals surface area contributed by atoms with Gasteiger partial charge < -0.3 is 14.9 Å². The average molecular weight is 250 g/mol. The van der Waals surface area contributed by atoms with Crippen molar-refractivity contribution in [2.24, 2.45) is 5.92 Å². The molecule has 0 radical (unpaired) electrons. The Labute approximate surface area is 99.2 Å². The van der Waals surface area contributed by atoms with Gasteiger partial charge in [0.05, 0.1) is 13.0 Å². The molecule has 0 aromatic heterocycles. The van der Waals surface area contributed by atoms with Crippen LogP contribution in [0.5, 0.6) is 0 Å². The van der Waals surface area contributed by atoms with Gasteiger partial charge >= 0.3 is 11.9 Å². The number of aliphatic carboxylic acids is 2. The minimum Gasteiger partial charge on any atom is -0.481 e. The Morgan fingerprint density at radius 2 is 2.00 bits per heavy atom. The third-order valence-corrected chi connectivity index (χ3v) is 3.24. The van der Waals surface area contributed by atoms with Crippen molar-refractivity contribution in [3.63, 3.8) is 0 Å². The molecule has 16 heavy (non-hydrogen) atoms. The van der Waals surface area contributed by atoms with Crippen LogP contribution in [0.4, 0.5) is 0 Å². The number of ether oxygens (including phenoxy) is 1. The average Bonchev–Trinajstić information content (AvgIpc) is 2.70. The van der Waals surface area contributed by atoms with Crippen molar-refractivity contribution in [2.45, 2.75) is 32.1 Å². The van der Waals surface area contributed by atoms with Gasteiger partial charge in [0.2, 0.25) is 0 Å². The molecule has 1 aliphatic rings. The lowest BCUT2D eigenvalue weighted by Crippen LogP contribution is -2.17. The quantitative estimate of drug-likeness (QED) is 0.789. The normalized spacial score (nSPS) is 20.8. The summed E-state index contributed by atoms with van der Waals surface area (Å²) in [7, 11) is 0. The second kappa shape index (κ2) is 8.41. The zero-order chi connectivity index (χ0) is 12.6. The van der Waals surface area contributed by atoms with E-state index in [9.17, 15) is 9.59 Å². The molecule has 1 aliphatic heterocycles. The number of carboxylic acid groups (broad SMARTS) is 2. The molecule has 0 spiro atoms. The largest absolute Gasteiger partial charge is 0.481 e. The van der Waals surface area contributed by atoms with Crippen molar-refractivity contribution in [2.75, 3.05) is 12.4 Å². The highest BCUT2D eigenvalue weighted by molar-refractivity contribution is 8.00. The molecule has 2 unspecified atom stereocenters. The molecule has 0 aromatic rings. The minimum atomic E-state index is -0.745. The van der Waals surface area contributed by atoms with Crippen molar-refractivity contribution in [3.8, 4) is 0 Å². The second-order valence-electron chi connectivity index (χ2n) is 3.43. The van der Waals surface area contributed by atoms with Gasteiger partial charge in [0.25, 0.3) is 0 Å². The van der Waals surface area contributed by atoms with Gasteiger partial charge in [-0.25, -0.2) is 0 Å². The molecule has 1 saturated heterocycles. The number of rotatable bonds is 4. The Morgan fingerprint density at radius 1 is 1.44 bits per heavy atom. The molecule has 1 fully saturated rings. The molecule has 0 aromatic carbocycles. The van der Waals surface area contributed by atoms with Gasteiger partial charge in [0, 0.05) is 18.1 Å². The Kier molecular flexibility index (Phi) is 8.01. The van der Waals surface area contributed by atoms with Crippen LogP contribution in [0.15, 0.2) is 0 Å². The highest BCUT2D eigenvalue weighted by Gasteiger charge is 2.24. The first-order chi connectivity index (χ1) is 7.47. The van der Waals surface area contributed by atoms with Crippen LogP contribution in [-0.4, -0.2) is 39.9 Å². The summed E-state index contributed by atoms with van der Waals surface area (Å²) in [5, 5.41) is 16.2. The van der Waals surface area contributed by atoms with E-state index >= 15 is 0 Å². The zero-order valence-electron chi connectivity index (χ0n) is 9.51. The fraction of sp³-hybridized carbons (Fsp3) is 0.800. The molecule has 2 N–H and O–H groups in total. The third kappa shape index (κ3) is 7.53. The first-order valence-corrected chi connectivity index (χ1v) is 6.19. The van der Waals surface area contributed by atoms with Gasteiger partial charge in [0.15, 0.2) is 0 Å². The fourth-order valence-electron chi connectivity index (χ4n) is 1.08. The highest BCUT2D eigenvalue weighted by atomic mass is 32.2. The minimum absolute atomic E-state index is 0.103. The molecular weight excluding hydrogens is 232 g/mol. The van der Waals surface area contributed by atoms with E-state index in [1.54, 1.807) is 18.7 Å². The van der Waals surface area contributed by atoms with Crippen LogP contribution in [0.25, 0.3) is 0 Å². The topological polar surface area (TPSA) is 83.8 Å². The Bertz CT molecular complexity index is 225. The van der Waals surface area contributed by atoms with E-state index < -0.39 is 11.9 Å². The van der Waals surface area contributed by atoms with Crippen molar-refractivity contribution < 1.29 is 24.5 Å². The predicted molar refractivity (Wildman–Crippen MR) is 61.5 cm³/mol. The molecule has 0 bridgehead atoms. The molecule has 1 rings (SSSR count). The summed E-state index contributed by atoms with van der Waals surface area (Å²) < 4.78 is 5.32. The summed E-state index contributed by atoms with van der Waals surface area (Å²) in [5.74, 6) is -0.368. The maximum absolute atomic E-state index is 10.3. The summed E-state index contributed by atoms with van der Waals surface area (Å²) >= 11 is 1.71. The van der Waals surface area contributed by atoms with Gasteiger partial charge in [-0.1, -0.05) is 13.8 Å². The summed E-state index contributed by atoms with van der Waals surface area (Å²) in [4.78, 5) is 19.7. The lowest BCUT2D eigenvalue weighted by Gasteiger charge is -2.14. The Hall–Kier alpha value is -0.750. The van der Waals surface area contributed by atoms with Gasteiger partial charge in [-0.05, 0) is 0 Å². The van der Waals surface area contributed by atoms with Gasteiger partial charge in [-0.2, -0.15) is 0 Å². The molecule has 0 aliphatic carbocycles. The summed E-state index contributed by atoms with van der Waals surface area (Å²) in [6.45, 7) is 4.28. The highest BCUT2D eigenvalue weighted by Crippen LogP contribution is 2.28. The summed E-state index contributed by atoms with van der Waals surface area (Å²) in [6.07, 6.45) is 0.428. The molecule has 2 atom stereocenters. The third-order valence-electron chi connectivity index (χ3n) is 1.91. The molecule has 6 heteroatoms. The van der Waals surface area contributed by atoms with Crippen LogP contribution in [0.3, 0.4) is 0 Å². The first kappa shape index (κ1) is 15.2. The standard InChI is InChI=1S/C7H12O3S.C3H6O2/c1-5(4-6(8)9)7-10-2-3-11-7;1-2-3(4)5/h5,7H,2-4H2,1H3,(H,8,9);2H2,1H3,(H,4,5). The number of carbonyl (C=O) groups is 2. The van der Waals surface area contributed by atoms with E-state index in [1.807, 2.05) is 6.92 Å². The smallest absolute Gasteiger partial charge is 0.303 e. The van der Waals surface area contributed by atoms with E-state index in [1.165, 1.54) is 0 Å². The van der Waals surface area contributed by atoms with Crippen LogP contribution in [0, 0.1) is 5.92 Å². The molecular formula is C10H18O5S. The van der Waals surface area contributed by atoms with Crippen LogP contribution in [0.2, 0.25) is 0 Å². The van der Waals surface area contributed by atoms with Crippen molar-refractivity contribution in [1.82, 2.24) is 0 Å². The lowest BCUT2D eigenvalue weighted by atomic mass is 10.1. The molecule has 0 saturated carbocycles. The maximum atomic E-state index is 10.3. The Morgan fingerprint density at radius 3 is 2.31 bits per heavy atom. The maximum Gasteiger partial charge on any atom is 0.303 e. The predicted octanol–water partition coefficient (Wildman–Crippen LogP) is 1.67. The lowest BCUT2D eigenvalue weighted by molar-refractivity contribution is -0.139. The number of hydrogen-bond donors (Lipinski definition) is 2. The van der Waals surface area contributed by atoms with Crippen LogP contribution >= 0.6 is 11.8 Å². The van der Waals surface area contributed by atoms with E-state index in [0.29, 0.717) is 0 Å². The monoisotopic (exact) mass is 250 g/mol. The van der Waals surface area contributed by atoms with Gasteiger partial charge in [0.1, 0.15) is 5.44 Å². The number of hydrogen-bond acceptors (Lipinski definition) is 4. The van der Waals surface area contributed by atoms with E-state index in [-0.39, 0.29) is 24.2 Å². The van der Waals surface area contributed by atoms with Gasteiger partial charge in [-0.3, -0.25) is 9.59 Å². The van der Waals surface area contributed by atoms with Crippen molar-refractivity contribution >= 4 is 23.7 Å². The van der Waals surface area contributed by atoms with Crippen LogP contribution in [0.1, 0.15) is 26.7 Å². The first-order valence-electron chi connectivity index (χ1n) is 5.14. The van der Waals surface area contributed by atoms with E-state index in [2.05, 4.69) is 0 Å². The molecule has 5 nitrogen and oxygen atoms in total. The SMILES string of the molecule is CC(CC(=O)O)C1OCCS1.CCC(=O)O. The number of thioether (sulfide) groups is 1. The fourth-order valence-corrected chi connectivity index (χ4v) is 2.12. The van der Waals surface area contributed by atoms with Crippen LogP contribution < -0.4 is 0 Å². The van der Waals surface area contributed by atoms with E-state index in [0.717, 1.165) is 12.4 Å². The Balaban J connectivity index is 0.000000385. The summed E-state index contributed by atoms with van der Waals surface area (Å²) in [6, 6.07) is 0. The zero-order valence-corrected chi connectivity index (χ0v) is 10.3. The molecule has 0 amide bonds. The number of carboxylic acids is 2. The second-order valence-corrected chi connectivity index (χ2v) is 4.64. The van der Waals surface area contributed by atoms with Crippen LogP contribution in [-0.2, 0) is 14.3 Å². The van der Waals surface area contributed by atoms with E-state index in [4.69, 9.17) is 14.9 Å².